The molecule has 0 aromatic heterocycles. The molecule has 1 aliphatic rings. The Morgan fingerprint density at radius 3 is 2.50 bits per heavy atom. The topological polar surface area (TPSA) is 17.1 Å². The standard InChI is InChI=1S/C13H16O/c1-8-5-6-10-12(9(8)2)11(14)7-13(10,3)4/h5-6H,7H2,1-4H3. The van der Waals surface area contributed by atoms with E-state index >= 15 is 0 Å². The molecule has 14 heavy (non-hydrogen) atoms. The Kier molecular flexibility index (Phi) is 1.82. The summed E-state index contributed by atoms with van der Waals surface area (Å²) in [5, 5.41) is 0. The second-order valence-electron chi connectivity index (χ2n) is 4.91. The number of Topliss-reactive ketones (excluding diaryl/α,β-unsaturated/α-hetero) is 1. The number of carbonyl (C=O) groups is 1. The molecule has 74 valence electrons. The van der Waals surface area contributed by atoms with Crippen LogP contribution in [0.15, 0.2) is 12.1 Å². The van der Waals surface area contributed by atoms with E-state index in [2.05, 4.69) is 32.9 Å². The van der Waals surface area contributed by atoms with Gasteiger partial charge in [-0.15, -0.1) is 0 Å². The average Bonchev–Trinajstić information content (AvgIpc) is 2.29. The van der Waals surface area contributed by atoms with Crippen molar-refractivity contribution in [3.05, 3.63) is 34.4 Å². The molecule has 1 nitrogen and oxygen atoms in total. The summed E-state index contributed by atoms with van der Waals surface area (Å²) < 4.78 is 0. The molecule has 0 amide bonds. The van der Waals surface area contributed by atoms with Gasteiger partial charge in [0.15, 0.2) is 5.78 Å². The van der Waals surface area contributed by atoms with Gasteiger partial charge in [-0.2, -0.15) is 0 Å². The third kappa shape index (κ3) is 1.12. The van der Waals surface area contributed by atoms with E-state index in [1.54, 1.807) is 0 Å². The van der Waals surface area contributed by atoms with Crippen molar-refractivity contribution in [2.24, 2.45) is 0 Å². The van der Waals surface area contributed by atoms with Crippen molar-refractivity contribution < 1.29 is 4.79 Å². The molecule has 0 atom stereocenters. The molecule has 0 N–H and O–H groups in total. The monoisotopic (exact) mass is 188 g/mol. The average molecular weight is 188 g/mol. The van der Waals surface area contributed by atoms with Gasteiger partial charge in [-0.1, -0.05) is 26.0 Å². The highest BCUT2D eigenvalue weighted by Crippen LogP contribution is 2.40. The minimum atomic E-state index is 0.0326. The number of ketones is 1. The van der Waals surface area contributed by atoms with Crippen LogP contribution in [-0.2, 0) is 5.41 Å². The van der Waals surface area contributed by atoms with Gasteiger partial charge >= 0.3 is 0 Å². The predicted octanol–water partition coefficient (Wildman–Crippen LogP) is 3.17. The molecule has 0 unspecified atom stereocenters. The van der Waals surface area contributed by atoms with Crippen LogP contribution in [0.5, 0.6) is 0 Å². The van der Waals surface area contributed by atoms with Gasteiger partial charge in [0.1, 0.15) is 0 Å². The Morgan fingerprint density at radius 1 is 1.21 bits per heavy atom. The van der Waals surface area contributed by atoms with E-state index in [4.69, 9.17) is 0 Å². The first-order valence-corrected chi connectivity index (χ1v) is 5.07. The van der Waals surface area contributed by atoms with Crippen molar-refractivity contribution in [2.75, 3.05) is 0 Å². The van der Waals surface area contributed by atoms with Gasteiger partial charge in [0.05, 0.1) is 0 Å². The number of fused-ring (bicyclic) bond motifs is 1. The Balaban J connectivity index is 2.75. The molecular formula is C13H16O. The third-order valence-corrected chi connectivity index (χ3v) is 3.35. The van der Waals surface area contributed by atoms with Gasteiger partial charge in [0.25, 0.3) is 0 Å². The third-order valence-electron chi connectivity index (χ3n) is 3.35. The highest BCUT2D eigenvalue weighted by molar-refractivity contribution is 6.03. The van der Waals surface area contributed by atoms with Crippen molar-refractivity contribution in [3.63, 3.8) is 0 Å². The van der Waals surface area contributed by atoms with Crippen molar-refractivity contribution in [1.82, 2.24) is 0 Å². The molecule has 0 fully saturated rings. The summed E-state index contributed by atoms with van der Waals surface area (Å²) in [5.41, 5.74) is 4.62. The number of rotatable bonds is 0. The first kappa shape index (κ1) is 9.45. The second-order valence-corrected chi connectivity index (χ2v) is 4.91. The summed E-state index contributed by atoms with van der Waals surface area (Å²) in [6.07, 6.45) is 0.659. The molecule has 2 rings (SSSR count). The fourth-order valence-corrected chi connectivity index (χ4v) is 2.32. The zero-order valence-electron chi connectivity index (χ0n) is 9.27. The smallest absolute Gasteiger partial charge is 0.164 e. The molecule has 0 bridgehead atoms. The Morgan fingerprint density at radius 2 is 1.86 bits per heavy atom. The molecule has 1 aliphatic carbocycles. The first-order chi connectivity index (χ1) is 6.43. The van der Waals surface area contributed by atoms with E-state index in [0.29, 0.717) is 12.2 Å². The molecular weight excluding hydrogens is 172 g/mol. The summed E-state index contributed by atoms with van der Waals surface area (Å²) in [6.45, 7) is 8.40. The maximum Gasteiger partial charge on any atom is 0.164 e. The van der Waals surface area contributed by atoms with Crippen LogP contribution in [-0.4, -0.2) is 5.78 Å². The fourth-order valence-electron chi connectivity index (χ4n) is 2.32. The quantitative estimate of drug-likeness (QED) is 0.611. The second kappa shape index (κ2) is 2.69. The van der Waals surface area contributed by atoms with Crippen LogP contribution >= 0.6 is 0 Å². The molecule has 0 saturated heterocycles. The molecule has 0 spiro atoms. The minimum Gasteiger partial charge on any atom is -0.294 e. The molecule has 0 heterocycles. The van der Waals surface area contributed by atoms with Gasteiger partial charge in [-0.25, -0.2) is 0 Å². The van der Waals surface area contributed by atoms with E-state index < -0.39 is 0 Å². The van der Waals surface area contributed by atoms with Crippen LogP contribution < -0.4 is 0 Å². The maximum atomic E-state index is 11.9. The molecule has 1 aromatic carbocycles. The highest BCUT2D eigenvalue weighted by Gasteiger charge is 2.36. The maximum absolute atomic E-state index is 11.9. The number of benzene rings is 1. The number of hydrogen-bond acceptors (Lipinski definition) is 1. The first-order valence-electron chi connectivity index (χ1n) is 5.07. The van der Waals surface area contributed by atoms with Crippen molar-refractivity contribution in [2.45, 2.75) is 39.5 Å². The molecule has 0 saturated carbocycles. The Labute approximate surface area is 85.1 Å². The lowest BCUT2D eigenvalue weighted by Gasteiger charge is -2.18. The number of carbonyl (C=O) groups excluding carboxylic acids is 1. The minimum absolute atomic E-state index is 0.0326. The summed E-state index contributed by atoms with van der Waals surface area (Å²) in [6, 6.07) is 4.23. The van der Waals surface area contributed by atoms with Crippen LogP contribution in [0, 0.1) is 13.8 Å². The van der Waals surface area contributed by atoms with E-state index in [9.17, 15) is 4.79 Å². The zero-order chi connectivity index (χ0) is 10.5. The normalized spacial score (nSPS) is 18.4. The van der Waals surface area contributed by atoms with Crippen LogP contribution in [0.1, 0.15) is 47.3 Å². The molecule has 1 heteroatoms. The number of aryl methyl sites for hydroxylation is 1. The summed E-state index contributed by atoms with van der Waals surface area (Å²) in [7, 11) is 0. The van der Waals surface area contributed by atoms with E-state index in [-0.39, 0.29) is 5.41 Å². The Hall–Kier alpha value is -1.11. The Bertz CT molecular complexity index is 413. The van der Waals surface area contributed by atoms with Crippen LogP contribution in [0.25, 0.3) is 0 Å². The summed E-state index contributed by atoms with van der Waals surface area (Å²) in [5.74, 6) is 0.311. The summed E-state index contributed by atoms with van der Waals surface area (Å²) >= 11 is 0. The lowest BCUT2D eigenvalue weighted by molar-refractivity contribution is 0.0979. The van der Waals surface area contributed by atoms with Crippen LogP contribution in [0.3, 0.4) is 0 Å². The van der Waals surface area contributed by atoms with Crippen molar-refractivity contribution in [3.8, 4) is 0 Å². The van der Waals surface area contributed by atoms with E-state index in [1.807, 2.05) is 6.92 Å². The van der Waals surface area contributed by atoms with Crippen LogP contribution in [0.2, 0.25) is 0 Å². The van der Waals surface area contributed by atoms with Gasteiger partial charge < -0.3 is 0 Å². The fraction of sp³-hybridized carbons (Fsp3) is 0.462. The largest absolute Gasteiger partial charge is 0.294 e. The lowest BCUT2D eigenvalue weighted by atomic mass is 9.85. The van der Waals surface area contributed by atoms with E-state index in [0.717, 1.165) is 11.1 Å². The van der Waals surface area contributed by atoms with Gasteiger partial charge in [-0.05, 0) is 36.0 Å². The van der Waals surface area contributed by atoms with Gasteiger partial charge in [-0.3, -0.25) is 4.79 Å². The van der Waals surface area contributed by atoms with Gasteiger partial charge in [0, 0.05) is 12.0 Å². The molecule has 0 aliphatic heterocycles. The summed E-state index contributed by atoms with van der Waals surface area (Å²) in [4.78, 5) is 11.9. The van der Waals surface area contributed by atoms with Crippen molar-refractivity contribution in [1.29, 1.82) is 0 Å². The lowest BCUT2D eigenvalue weighted by Crippen LogP contribution is -2.12. The molecule has 1 aromatic rings. The predicted molar refractivity (Wildman–Crippen MR) is 57.9 cm³/mol. The van der Waals surface area contributed by atoms with E-state index in [1.165, 1.54) is 11.1 Å². The van der Waals surface area contributed by atoms with Crippen molar-refractivity contribution >= 4 is 5.78 Å². The SMILES string of the molecule is Cc1ccc2c(c1C)C(=O)CC2(C)C. The van der Waals surface area contributed by atoms with Crippen LogP contribution in [0.4, 0.5) is 0 Å². The zero-order valence-corrected chi connectivity index (χ0v) is 9.27. The molecule has 0 radical (unpaired) electrons. The number of hydrogen-bond donors (Lipinski definition) is 0. The highest BCUT2D eigenvalue weighted by atomic mass is 16.1. The van der Waals surface area contributed by atoms with Gasteiger partial charge in [0.2, 0.25) is 0 Å².